The van der Waals surface area contributed by atoms with Crippen molar-refractivity contribution < 1.29 is 9.59 Å². The molecule has 118 valence electrons. The van der Waals surface area contributed by atoms with Gasteiger partial charge in [-0.15, -0.1) is 0 Å². The van der Waals surface area contributed by atoms with Crippen molar-refractivity contribution >= 4 is 11.7 Å². The Balaban J connectivity index is 1.57. The van der Waals surface area contributed by atoms with Gasteiger partial charge in [0.15, 0.2) is 0 Å². The van der Waals surface area contributed by atoms with E-state index in [1.165, 1.54) is 11.1 Å². The fourth-order valence-electron chi connectivity index (χ4n) is 3.78. The lowest BCUT2D eigenvalue weighted by atomic mass is 9.72. The zero-order valence-corrected chi connectivity index (χ0v) is 13.4. The van der Waals surface area contributed by atoms with Crippen LogP contribution in [0, 0.1) is 5.41 Å². The third kappa shape index (κ3) is 2.94. The van der Waals surface area contributed by atoms with Crippen LogP contribution >= 0.6 is 0 Å². The molecule has 0 radical (unpaired) electrons. The first-order valence-electron chi connectivity index (χ1n) is 8.52. The van der Waals surface area contributed by atoms with Crippen LogP contribution in [0.4, 0.5) is 0 Å². The molecule has 1 aliphatic carbocycles. The van der Waals surface area contributed by atoms with E-state index in [0.29, 0.717) is 24.5 Å². The fourth-order valence-corrected chi connectivity index (χ4v) is 3.78. The summed E-state index contributed by atoms with van der Waals surface area (Å²) in [6.45, 7) is 3.83. The largest absolute Gasteiger partial charge is 0.342 e. The Bertz CT molecular complexity index is 551. The summed E-state index contributed by atoms with van der Waals surface area (Å²) in [5, 5.41) is 0. The van der Waals surface area contributed by atoms with Crippen LogP contribution in [0.15, 0.2) is 24.3 Å². The maximum atomic E-state index is 12.7. The van der Waals surface area contributed by atoms with Crippen molar-refractivity contribution in [1.82, 2.24) is 4.90 Å². The monoisotopic (exact) mass is 299 g/mol. The van der Waals surface area contributed by atoms with Gasteiger partial charge in [0.25, 0.3) is 0 Å². The van der Waals surface area contributed by atoms with Crippen LogP contribution in [0.2, 0.25) is 0 Å². The van der Waals surface area contributed by atoms with Crippen molar-refractivity contribution in [1.29, 1.82) is 0 Å². The quantitative estimate of drug-likeness (QED) is 0.856. The molecule has 1 saturated heterocycles. The van der Waals surface area contributed by atoms with E-state index >= 15 is 0 Å². The Kier molecular flexibility index (Phi) is 4.32. The molecule has 0 N–H and O–H groups in total. The zero-order valence-electron chi connectivity index (χ0n) is 13.4. The van der Waals surface area contributed by atoms with Crippen molar-refractivity contribution in [3.8, 4) is 0 Å². The number of hydrogen-bond donors (Lipinski definition) is 0. The van der Waals surface area contributed by atoms with Gasteiger partial charge in [0.2, 0.25) is 5.91 Å². The molecular formula is C19H25NO2. The minimum atomic E-state index is -0.208. The van der Waals surface area contributed by atoms with Gasteiger partial charge in [0, 0.05) is 25.9 Å². The van der Waals surface area contributed by atoms with E-state index in [9.17, 15) is 9.59 Å². The average molecular weight is 299 g/mol. The molecule has 1 heterocycles. The zero-order chi connectivity index (χ0) is 15.6. The Labute approximate surface area is 132 Å². The molecule has 1 aromatic rings. The highest BCUT2D eigenvalue weighted by Crippen LogP contribution is 2.43. The normalized spacial score (nSPS) is 20.9. The van der Waals surface area contributed by atoms with Crippen LogP contribution in [0.3, 0.4) is 0 Å². The average Bonchev–Trinajstić information content (AvgIpc) is 2.85. The molecule has 22 heavy (non-hydrogen) atoms. The van der Waals surface area contributed by atoms with Gasteiger partial charge in [0.05, 0.1) is 5.41 Å². The molecule has 0 unspecified atom stereocenters. The molecule has 2 aliphatic rings. The first-order valence-corrected chi connectivity index (χ1v) is 8.52. The first kappa shape index (κ1) is 15.3. The van der Waals surface area contributed by atoms with Gasteiger partial charge >= 0.3 is 0 Å². The molecule has 1 aliphatic heterocycles. The van der Waals surface area contributed by atoms with Crippen LogP contribution in [0.1, 0.15) is 50.2 Å². The van der Waals surface area contributed by atoms with Crippen LogP contribution in [0.5, 0.6) is 0 Å². The van der Waals surface area contributed by atoms with E-state index in [4.69, 9.17) is 0 Å². The van der Waals surface area contributed by atoms with E-state index in [-0.39, 0.29) is 5.41 Å². The van der Waals surface area contributed by atoms with E-state index < -0.39 is 0 Å². The Morgan fingerprint density at radius 1 is 1.00 bits per heavy atom. The van der Waals surface area contributed by atoms with Crippen molar-refractivity contribution in [3.05, 3.63) is 35.4 Å². The molecule has 0 aromatic heterocycles. The summed E-state index contributed by atoms with van der Waals surface area (Å²) in [5.41, 5.74) is 2.44. The summed E-state index contributed by atoms with van der Waals surface area (Å²) in [6, 6.07) is 8.70. The van der Waals surface area contributed by atoms with Crippen molar-refractivity contribution in [2.24, 2.45) is 5.41 Å². The van der Waals surface area contributed by atoms with Gasteiger partial charge in [-0.3, -0.25) is 9.59 Å². The predicted molar refractivity (Wildman–Crippen MR) is 86.6 cm³/mol. The first-order chi connectivity index (χ1) is 10.6. The minimum Gasteiger partial charge on any atom is -0.342 e. The SMILES string of the molecule is CCc1ccc(CCN2CCC3(CCC(=O)CC3)C2=O)cc1. The second-order valence-electron chi connectivity index (χ2n) is 6.78. The summed E-state index contributed by atoms with van der Waals surface area (Å²) in [4.78, 5) is 26.2. The molecule has 0 atom stereocenters. The third-order valence-corrected chi connectivity index (χ3v) is 5.47. The maximum absolute atomic E-state index is 12.7. The fraction of sp³-hybridized carbons (Fsp3) is 0.579. The van der Waals surface area contributed by atoms with Crippen molar-refractivity contribution in [2.45, 2.75) is 51.9 Å². The number of likely N-dealkylation sites (tertiary alicyclic amines) is 1. The number of ketones is 1. The number of nitrogens with zero attached hydrogens (tertiary/aromatic N) is 1. The number of aryl methyl sites for hydroxylation is 1. The van der Waals surface area contributed by atoms with Crippen LogP contribution in [-0.2, 0) is 22.4 Å². The molecule has 3 nitrogen and oxygen atoms in total. The lowest BCUT2D eigenvalue weighted by Gasteiger charge is -2.31. The summed E-state index contributed by atoms with van der Waals surface area (Å²) in [5.74, 6) is 0.623. The standard InChI is InChI=1S/C19H25NO2/c1-2-15-3-5-16(6-4-15)9-13-20-14-12-19(18(20)22)10-7-17(21)8-11-19/h3-6H,2,7-14H2,1H3. The molecule has 1 spiro atoms. The lowest BCUT2D eigenvalue weighted by molar-refractivity contribution is -0.139. The summed E-state index contributed by atoms with van der Waals surface area (Å²) in [6.07, 6.45) is 5.65. The minimum absolute atomic E-state index is 0.208. The van der Waals surface area contributed by atoms with Gasteiger partial charge in [-0.1, -0.05) is 31.2 Å². The molecule has 1 saturated carbocycles. The second kappa shape index (κ2) is 6.23. The molecule has 0 bridgehead atoms. The van der Waals surface area contributed by atoms with Gasteiger partial charge in [-0.2, -0.15) is 0 Å². The summed E-state index contributed by atoms with van der Waals surface area (Å²) < 4.78 is 0. The van der Waals surface area contributed by atoms with E-state index in [1.54, 1.807) is 0 Å². The Hall–Kier alpha value is -1.64. The van der Waals surface area contributed by atoms with Gasteiger partial charge < -0.3 is 4.90 Å². The highest BCUT2D eigenvalue weighted by molar-refractivity contribution is 5.88. The molecular weight excluding hydrogens is 274 g/mol. The lowest BCUT2D eigenvalue weighted by Crippen LogP contribution is -2.38. The van der Waals surface area contributed by atoms with Crippen molar-refractivity contribution in [3.63, 3.8) is 0 Å². The Morgan fingerprint density at radius 3 is 2.27 bits per heavy atom. The number of Topliss-reactive ketones (excluding diaryl/α,β-unsaturated/α-hetero) is 1. The molecule has 2 fully saturated rings. The van der Waals surface area contributed by atoms with E-state index in [1.807, 2.05) is 4.90 Å². The number of benzene rings is 1. The highest BCUT2D eigenvalue weighted by atomic mass is 16.2. The van der Waals surface area contributed by atoms with E-state index in [2.05, 4.69) is 31.2 Å². The highest BCUT2D eigenvalue weighted by Gasteiger charge is 2.47. The molecule has 3 rings (SSSR count). The third-order valence-electron chi connectivity index (χ3n) is 5.47. The number of carbonyl (C=O) groups excluding carboxylic acids is 2. The van der Waals surface area contributed by atoms with Gasteiger partial charge in [-0.25, -0.2) is 0 Å². The van der Waals surface area contributed by atoms with Gasteiger partial charge in [-0.05, 0) is 43.2 Å². The second-order valence-corrected chi connectivity index (χ2v) is 6.78. The number of hydrogen-bond acceptors (Lipinski definition) is 2. The van der Waals surface area contributed by atoms with Gasteiger partial charge in [0.1, 0.15) is 5.78 Å². The summed E-state index contributed by atoms with van der Waals surface area (Å²) in [7, 11) is 0. The predicted octanol–water partition coefficient (Wildman–Crippen LogP) is 3.15. The number of amides is 1. The summed E-state index contributed by atoms with van der Waals surface area (Å²) >= 11 is 0. The van der Waals surface area contributed by atoms with Crippen LogP contribution < -0.4 is 0 Å². The van der Waals surface area contributed by atoms with Crippen molar-refractivity contribution in [2.75, 3.05) is 13.1 Å². The Morgan fingerprint density at radius 2 is 1.64 bits per heavy atom. The number of rotatable bonds is 4. The molecule has 1 aromatic carbocycles. The topological polar surface area (TPSA) is 37.4 Å². The number of carbonyl (C=O) groups is 2. The molecule has 1 amide bonds. The molecule has 3 heteroatoms. The van der Waals surface area contributed by atoms with Crippen LogP contribution in [-0.4, -0.2) is 29.7 Å². The maximum Gasteiger partial charge on any atom is 0.228 e. The smallest absolute Gasteiger partial charge is 0.228 e. The van der Waals surface area contributed by atoms with Crippen LogP contribution in [0.25, 0.3) is 0 Å². The van der Waals surface area contributed by atoms with E-state index in [0.717, 1.165) is 45.2 Å².